The molecule has 0 aliphatic carbocycles. The highest BCUT2D eigenvalue weighted by Crippen LogP contribution is 2.33. The normalized spacial score (nSPS) is 15.3. The van der Waals surface area contributed by atoms with Gasteiger partial charge in [0.05, 0.1) is 29.2 Å². The van der Waals surface area contributed by atoms with Crippen molar-refractivity contribution < 1.29 is 23.4 Å². The third-order valence-corrected chi connectivity index (χ3v) is 9.08. The van der Waals surface area contributed by atoms with E-state index >= 15 is 0 Å². The Kier molecular flexibility index (Phi) is 9.44. The molecule has 0 radical (unpaired) electrons. The van der Waals surface area contributed by atoms with Crippen LogP contribution in [-0.2, 0) is 30.1 Å². The summed E-state index contributed by atoms with van der Waals surface area (Å²) < 4.78 is 36.3. The maximum absolute atomic E-state index is 13.6. The second kappa shape index (κ2) is 12.6. The summed E-state index contributed by atoms with van der Waals surface area (Å²) in [5, 5.41) is 19.1. The lowest BCUT2D eigenvalue weighted by atomic mass is 10.1. The SMILES string of the molecule is CCCOc1ccc(S(=O)(=O)N2CCN(CCCO)CC2)cc1-c1nc2c(CCC)c(CO)n(C)c2c(=O)[nH]1. The molecule has 3 N–H and O–H groups in total. The molecule has 1 fully saturated rings. The maximum Gasteiger partial charge on any atom is 0.275 e. The number of hydrogen-bond donors (Lipinski definition) is 3. The number of rotatable bonds is 12. The number of ether oxygens (including phenoxy) is 1. The Bertz CT molecular complexity index is 1460. The lowest BCUT2D eigenvalue weighted by molar-refractivity contribution is 0.171. The van der Waals surface area contributed by atoms with Crippen molar-refractivity contribution >= 4 is 21.1 Å². The number of aromatic nitrogens is 3. The van der Waals surface area contributed by atoms with Gasteiger partial charge >= 0.3 is 0 Å². The Hall–Kier alpha value is -2.77. The Balaban J connectivity index is 1.78. The van der Waals surface area contributed by atoms with Gasteiger partial charge in [0.2, 0.25) is 10.0 Å². The number of nitrogens with zero attached hydrogens (tertiary/aromatic N) is 4. The van der Waals surface area contributed by atoms with Crippen molar-refractivity contribution in [3.63, 3.8) is 0 Å². The van der Waals surface area contributed by atoms with Crippen molar-refractivity contribution in [1.82, 2.24) is 23.7 Å². The smallest absolute Gasteiger partial charge is 0.275 e. The molecule has 0 amide bonds. The third kappa shape index (κ3) is 5.90. The summed E-state index contributed by atoms with van der Waals surface area (Å²) in [7, 11) is -2.07. The molecule has 0 spiro atoms. The standard InChI is InChI=1S/C27H39N5O6S/c1-4-7-20-22(18-34)30(3)25-24(20)28-26(29-27(25)35)21-17-19(8-9-23(21)38-16-5-2)39(36,37)32-13-11-31(12-14-32)10-6-15-33/h8-9,17,33-34H,4-7,10-16,18H2,1-3H3,(H,28,29,35). The Morgan fingerprint density at radius 2 is 1.85 bits per heavy atom. The minimum atomic E-state index is -3.80. The van der Waals surface area contributed by atoms with Crippen molar-refractivity contribution in [2.75, 3.05) is 45.9 Å². The largest absolute Gasteiger partial charge is 0.493 e. The van der Waals surface area contributed by atoms with E-state index in [9.17, 15) is 18.3 Å². The van der Waals surface area contributed by atoms with Crippen LogP contribution in [0.2, 0.25) is 0 Å². The van der Waals surface area contributed by atoms with Gasteiger partial charge in [-0.25, -0.2) is 13.4 Å². The first-order valence-electron chi connectivity index (χ1n) is 13.6. The Labute approximate surface area is 229 Å². The van der Waals surface area contributed by atoms with Crippen LogP contribution >= 0.6 is 0 Å². The first-order chi connectivity index (χ1) is 18.8. The number of sulfonamides is 1. The molecule has 2 aromatic heterocycles. The van der Waals surface area contributed by atoms with Gasteiger partial charge in [0.1, 0.15) is 17.1 Å². The minimum Gasteiger partial charge on any atom is -0.493 e. The van der Waals surface area contributed by atoms with E-state index in [1.54, 1.807) is 17.7 Å². The molecule has 214 valence electrons. The van der Waals surface area contributed by atoms with Crippen LogP contribution in [0.5, 0.6) is 5.75 Å². The summed E-state index contributed by atoms with van der Waals surface area (Å²) in [6.07, 6.45) is 2.86. The summed E-state index contributed by atoms with van der Waals surface area (Å²) >= 11 is 0. The fourth-order valence-electron chi connectivity index (χ4n) is 5.13. The molecule has 1 aliphatic heterocycles. The van der Waals surface area contributed by atoms with Crippen molar-refractivity contribution in [2.24, 2.45) is 7.05 Å². The van der Waals surface area contributed by atoms with Crippen LogP contribution in [0.25, 0.3) is 22.4 Å². The number of aliphatic hydroxyl groups is 2. The van der Waals surface area contributed by atoms with E-state index in [2.05, 4.69) is 9.88 Å². The number of piperazine rings is 1. The number of nitrogens with one attached hydrogen (secondary N) is 1. The van der Waals surface area contributed by atoms with Crippen LogP contribution in [-0.4, -0.2) is 88.3 Å². The van der Waals surface area contributed by atoms with E-state index in [1.807, 2.05) is 13.8 Å². The highest BCUT2D eigenvalue weighted by molar-refractivity contribution is 7.89. The molecular weight excluding hydrogens is 522 g/mol. The van der Waals surface area contributed by atoms with E-state index in [4.69, 9.17) is 14.8 Å². The van der Waals surface area contributed by atoms with Crippen LogP contribution < -0.4 is 10.3 Å². The van der Waals surface area contributed by atoms with Crippen LogP contribution in [0, 0.1) is 0 Å². The second-order valence-corrected chi connectivity index (χ2v) is 11.8. The lowest BCUT2D eigenvalue weighted by Crippen LogP contribution is -2.48. The molecule has 0 unspecified atom stereocenters. The lowest BCUT2D eigenvalue weighted by Gasteiger charge is -2.33. The van der Waals surface area contributed by atoms with Crippen molar-refractivity contribution in [3.05, 3.63) is 39.8 Å². The van der Waals surface area contributed by atoms with Gasteiger partial charge in [-0.3, -0.25) is 4.79 Å². The molecule has 1 saturated heterocycles. The average Bonchev–Trinajstić information content (AvgIpc) is 3.21. The molecule has 4 rings (SSSR count). The number of aryl methyl sites for hydroxylation is 2. The van der Waals surface area contributed by atoms with Gasteiger partial charge in [-0.1, -0.05) is 20.3 Å². The van der Waals surface area contributed by atoms with E-state index in [-0.39, 0.29) is 29.5 Å². The van der Waals surface area contributed by atoms with Gasteiger partial charge in [-0.15, -0.1) is 0 Å². The highest BCUT2D eigenvalue weighted by Gasteiger charge is 2.30. The molecule has 0 saturated carbocycles. The van der Waals surface area contributed by atoms with Gasteiger partial charge in [0.15, 0.2) is 0 Å². The molecule has 3 aromatic rings. The van der Waals surface area contributed by atoms with Gasteiger partial charge in [-0.2, -0.15) is 4.31 Å². The molecule has 11 nitrogen and oxygen atoms in total. The number of aromatic amines is 1. The van der Waals surface area contributed by atoms with Crippen molar-refractivity contribution in [2.45, 2.75) is 51.0 Å². The zero-order valence-electron chi connectivity index (χ0n) is 22.9. The molecule has 1 aromatic carbocycles. The number of fused-ring (bicyclic) bond motifs is 1. The fraction of sp³-hybridized carbons (Fsp3) is 0.556. The van der Waals surface area contributed by atoms with E-state index in [0.717, 1.165) is 24.9 Å². The van der Waals surface area contributed by atoms with Crippen molar-refractivity contribution in [1.29, 1.82) is 0 Å². The molecule has 0 bridgehead atoms. The van der Waals surface area contributed by atoms with Gasteiger partial charge < -0.3 is 29.4 Å². The summed E-state index contributed by atoms with van der Waals surface area (Å²) in [6.45, 7) is 6.93. The molecular formula is C27H39N5O6S. The molecule has 39 heavy (non-hydrogen) atoms. The van der Waals surface area contributed by atoms with Crippen LogP contribution in [0.15, 0.2) is 27.9 Å². The molecule has 12 heteroatoms. The monoisotopic (exact) mass is 561 g/mol. The van der Waals surface area contributed by atoms with Crippen LogP contribution in [0.1, 0.15) is 44.4 Å². The minimum absolute atomic E-state index is 0.103. The zero-order chi connectivity index (χ0) is 28.2. The molecule has 3 heterocycles. The number of hydrogen-bond acceptors (Lipinski definition) is 8. The van der Waals surface area contributed by atoms with E-state index < -0.39 is 10.0 Å². The zero-order valence-corrected chi connectivity index (χ0v) is 23.8. The number of aliphatic hydroxyl groups excluding tert-OH is 2. The first-order valence-corrected chi connectivity index (χ1v) is 15.0. The second-order valence-electron chi connectivity index (χ2n) is 9.83. The number of benzene rings is 1. The molecule has 1 aliphatic rings. The predicted molar refractivity (Wildman–Crippen MR) is 149 cm³/mol. The van der Waals surface area contributed by atoms with Crippen LogP contribution in [0.4, 0.5) is 0 Å². The maximum atomic E-state index is 13.6. The summed E-state index contributed by atoms with van der Waals surface area (Å²) in [6, 6.07) is 4.68. The third-order valence-electron chi connectivity index (χ3n) is 7.19. The summed E-state index contributed by atoms with van der Waals surface area (Å²) in [4.78, 5) is 23.1. The highest BCUT2D eigenvalue weighted by atomic mass is 32.2. The van der Waals surface area contributed by atoms with Crippen LogP contribution in [0.3, 0.4) is 0 Å². The van der Waals surface area contributed by atoms with E-state index in [1.165, 1.54) is 16.4 Å². The number of H-pyrrole nitrogens is 1. The fourth-order valence-corrected chi connectivity index (χ4v) is 6.58. The van der Waals surface area contributed by atoms with Gasteiger partial charge in [0, 0.05) is 57.6 Å². The van der Waals surface area contributed by atoms with Gasteiger partial charge in [-0.05, 0) is 37.5 Å². The predicted octanol–water partition coefficient (Wildman–Crippen LogP) is 1.85. The Morgan fingerprint density at radius 3 is 2.49 bits per heavy atom. The average molecular weight is 562 g/mol. The molecule has 0 atom stereocenters. The Morgan fingerprint density at radius 1 is 1.10 bits per heavy atom. The summed E-state index contributed by atoms with van der Waals surface area (Å²) in [5.41, 5.74) is 2.33. The van der Waals surface area contributed by atoms with E-state index in [0.29, 0.717) is 73.7 Å². The topological polar surface area (TPSA) is 141 Å². The van der Waals surface area contributed by atoms with Crippen molar-refractivity contribution in [3.8, 4) is 17.1 Å². The van der Waals surface area contributed by atoms with Gasteiger partial charge in [0.25, 0.3) is 5.56 Å². The quantitative estimate of drug-likeness (QED) is 0.304. The summed E-state index contributed by atoms with van der Waals surface area (Å²) in [5.74, 6) is 0.652. The first kappa shape index (κ1) is 29.2.